The summed E-state index contributed by atoms with van der Waals surface area (Å²) in [6.07, 6.45) is 3.41. The molecular formula is C17H19FN2O2S. The van der Waals surface area contributed by atoms with E-state index in [1.807, 2.05) is 18.2 Å². The summed E-state index contributed by atoms with van der Waals surface area (Å²) in [6.45, 7) is 0. The van der Waals surface area contributed by atoms with E-state index in [4.69, 9.17) is 0 Å². The highest BCUT2D eigenvalue weighted by Crippen LogP contribution is 2.39. The minimum Gasteiger partial charge on any atom is -0.216 e. The first-order valence-electron chi connectivity index (χ1n) is 7.18. The second-order valence-electron chi connectivity index (χ2n) is 5.27. The monoisotopic (exact) mass is 334 g/mol. The van der Waals surface area contributed by atoms with Gasteiger partial charge < -0.3 is 0 Å². The van der Waals surface area contributed by atoms with Crippen molar-refractivity contribution < 1.29 is 12.8 Å². The molecule has 1 aliphatic carbocycles. The molecule has 4 nitrogen and oxygen atoms in total. The van der Waals surface area contributed by atoms with E-state index < -0.39 is 10.2 Å². The van der Waals surface area contributed by atoms with Crippen LogP contribution in [0.4, 0.5) is 4.39 Å². The Morgan fingerprint density at radius 3 is 1.70 bits per heavy atom. The summed E-state index contributed by atoms with van der Waals surface area (Å²) >= 11 is 0. The van der Waals surface area contributed by atoms with Crippen molar-refractivity contribution in [1.82, 2.24) is 0 Å². The number of benzene rings is 2. The molecule has 1 aliphatic rings. The molecule has 0 saturated heterocycles. The Kier molecular flexibility index (Phi) is 5.65. The van der Waals surface area contributed by atoms with E-state index in [0.29, 0.717) is 0 Å². The quantitative estimate of drug-likeness (QED) is 0.884. The van der Waals surface area contributed by atoms with E-state index in [2.05, 4.69) is 34.5 Å². The van der Waals surface area contributed by atoms with Gasteiger partial charge in [-0.25, -0.2) is 14.7 Å². The lowest BCUT2D eigenvalue weighted by Crippen LogP contribution is -2.21. The van der Waals surface area contributed by atoms with Gasteiger partial charge in [0, 0.05) is 0 Å². The second kappa shape index (κ2) is 7.50. The minimum atomic E-state index is -3.67. The molecule has 122 valence electrons. The van der Waals surface area contributed by atoms with Gasteiger partial charge in [0.2, 0.25) is 0 Å². The Hall–Kier alpha value is -2.02. The minimum absolute atomic E-state index is 0.168. The molecule has 0 aliphatic heterocycles. The van der Waals surface area contributed by atoms with Crippen molar-refractivity contribution in [2.45, 2.75) is 19.3 Å². The van der Waals surface area contributed by atoms with Gasteiger partial charge in [-0.15, -0.1) is 0 Å². The number of rotatable bonds is 2. The van der Waals surface area contributed by atoms with E-state index in [0.717, 1.165) is 18.4 Å². The van der Waals surface area contributed by atoms with Crippen molar-refractivity contribution in [3.05, 3.63) is 71.5 Å². The molecule has 4 N–H and O–H groups in total. The van der Waals surface area contributed by atoms with E-state index >= 15 is 0 Å². The van der Waals surface area contributed by atoms with Crippen LogP contribution < -0.4 is 10.3 Å². The summed E-state index contributed by atoms with van der Waals surface area (Å²) in [7, 11) is -3.67. The SMILES string of the molecule is Fc1ccc(C2=C(c3ccccc3)CCC2)cc1.NS(N)(=O)=O. The zero-order valence-corrected chi connectivity index (χ0v) is 13.4. The molecule has 0 bridgehead atoms. The van der Waals surface area contributed by atoms with Crippen molar-refractivity contribution >= 4 is 21.4 Å². The van der Waals surface area contributed by atoms with Crippen molar-refractivity contribution in [2.75, 3.05) is 0 Å². The molecule has 0 unspecified atom stereocenters. The standard InChI is InChI=1S/C17H15F.H4N2O2S/c18-15-11-9-14(10-12-15)17-8-4-7-16(17)13-5-2-1-3-6-13;1-5(2,3)4/h1-3,5-6,9-12H,4,7-8H2;(H4,1,2,3,4). The Bertz CT molecular complexity index is 777. The number of allylic oxidation sites excluding steroid dienone is 2. The summed E-state index contributed by atoms with van der Waals surface area (Å²) in [5, 5.41) is 8.21. The number of halogens is 1. The summed E-state index contributed by atoms with van der Waals surface area (Å²) < 4.78 is 31.4. The van der Waals surface area contributed by atoms with Crippen LogP contribution in [0.2, 0.25) is 0 Å². The zero-order valence-electron chi connectivity index (χ0n) is 12.6. The van der Waals surface area contributed by atoms with Crippen molar-refractivity contribution in [1.29, 1.82) is 0 Å². The molecule has 0 atom stereocenters. The smallest absolute Gasteiger partial charge is 0.216 e. The molecule has 0 aromatic heterocycles. The van der Waals surface area contributed by atoms with E-state index in [1.54, 1.807) is 12.1 Å². The van der Waals surface area contributed by atoms with Crippen molar-refractivity contribution in [3.8, 4) is 0 Å². The maximum absolute atomic E-state index is 13.0. The largest absolute Gasteiger partial charge is 0.271 e. The highest BCUT2D eigenvalue weighted by atomic mass is 32.2. The molecule has 0 radical (unpaired) electrons. The van der Waals surface area contributed by atoms with Gasteiger partial charge in [0.1, 0.15) is 5.82 Å². The van der Waals surface area contributed by atoms with Crippen molar-refractivity contribution in [2.24, 2.45) is 10.3 Å². The Morgan fingerprint density at radius 1 is 0.783 bits per heavy atom. The lowest BCUT2D eigenvalue weighted by Gasteiger charge is -2.08. The molecule has 0 heterocycles. The second-order valence-corrected chi connectivity index (χ2v) is 6.45. The summed E-state index contributed by atoms with van der Waals surface area (Å²) in [4.78, 5) is 0. The third-order valence-corrected chi connectivity index (χ3v) is 3.53. The van der Waals surface area contributed by atoms with Gasteiger partial charge in [-0.05, 0) is 53.7 Å². The van der Waals surface area contributed by atoms with Crippen LogP contribution >= 0.6 is 0 Å². The third kappa shape index (κ3) is 5.59. The maximum atomic E-state index is 13.0. The lowest BCUT2D eigenvalue weighted by atomic mass is 9.97. The molecule has 3 rings (SSSR count). The van der Waals surface area contributed by atoms with Crippen LogP contribution in [0.5, 0.6) is 0 Å². The molecule has 0 saturated carbocycles. The van der Waals surface area contributed by atoms with Gasteiger partial charge in [-0.2, -0.15) is 8.42 Å². The molecule has 0 amide bonds. The van der Waals surface area contributed by atoms with E-state index in [9.17, 15) is 12.8 Å². The average molecular weight is 334 g/mol. The van der Waals surface area contributed by atoms with Crippen LogP contribution in [0, 0.1) is 5.82 Å². The third-order valence-electron chi connectivity index (χ3n) is 3.53. The number of nitrogens with two attached hydrogens (primary N) is 2. The van der Waals surface area contributed by atoms with Crippen LogP contribution in [-0.4, -0.2) is 8.42 Å². The summed E-state index contributed by atoms with van der Waals surface area (Å²) in [5.74, 6) is -0.168. The molecule has 23 heavy (non-hydrogen) atoms. The molecule has 0 spiro atoms. The Balaban J connectivity index is 0.000000338. The first-order chi connectivity index (χ1) is 10.8. The van der Waals surface area contributed by atoms with Crippen LogP contribution in [0.1, 0.15) is 30.4 Å². The fourth-order valence-corrected chi connectivity index (χ4v) is 2.67. The first-order valence-corrected chi connectivity index (χ1v) is 8.79. The van der Waals surface area contributed by atoms with Gasteiger partial charge in [-0.1, -0.05) is 42.5 Å². The predicted octanol–water partition coefficient (Wildman–Crippen LogP) is 3.07. The fraction of sp³-hybridized carbons (Fsp3) is 0.176. The van der Waals surface area contributed by atoms with Crippen LogP contribution in [0.3, 0.4) is 0 Å². The maximum Gasteiger partial charge on any atom is 0.271 e. The highest BCUT2D eigenvalue weighted by molar-refractivity contribution is 7.86. The Labute approximate surface area is 135 Å². The van der Waals surface area contributed by atoms with Gasteiger partial charge in [0.15, 0.2) is 0 Å². The average Bonchev–Trinajstić information content (AvgIpc) is 2.97. The molecule has 2 aromatic rings. The topological polar surface area (TPSA) is 86.2 Å². The highest BCUT2D eigenvalue weighted by Gasteiger charge is 2.17. The van der Waals surface area contributed by atoms with Gasteiger partial charge >= 0.3 is 0 Å². The molecule has 0 fully saturated rings. The number of hydrogen-bond donors (Lipinski definition) is 2. The van der Waals surface area contributed by atoms with E-state index in [-0.39, 0.29) is 5.82 Å². The summed E-state index contributed by atoms with van der Waals surface area (Å²) in [5.41, 5.74) is 5.26. The zero-order chi connectivity index (χ0) is 16.9. The van der Waals surface area contributed by atoms with Crippen molar-refractivity contribution in [3.63, 3.8) is 0 Å². The predicted molar refractivity (Wildman–Crippen MR) is 90.8 cm³/mol. The molecule has 2 aromatic carbocycles. The van der Waals surface area contributed by atoms with Gasteiger partial charge in [0.25, 0.3) is 10.2 Å². The number of hydrogen-bond acceptors (Lipinski definition) is 2. The Morgan fingerprint density at radius 2 is 1.22 bits per heavy atom. The van der Waals surface area contributed by atoms with Crippen LogP contribution in [-0.2, 0) is 10.2 Å². The normalized spacial score (nSPS) is 14.4. The summed E-state index contributed by atoms with van der Waals surface area (Å²) in [6, 6.07) is 17.4. The van der Waals surface area contributed by atoms with Crippen LogP contribution in [0.25, 0.3) is 11.1 Å². The van der Waals surface area contributed by atoms with Gasteiger partial charge in [0.05, 0.1) is 0 Å². The van der Waals surface area contributed by atoms with Gasteiger partial charge in [-0.3, -0.25) is 0 Å². The first kappa shape index (κ1) is 17.3. The fourth-order valence-electron chi connectivity index (χ4n) is 2.67. The molecular weight excluding hydrogens is 315 g/mol. The lowest BCUT2D eigenvalue weighted by molar-refractivity contribution is 0.599. The molecule has 6 heteroatoms. The van der Waals surface area contributed by atoms with E-state index in [1.165, 1.54) is 23.1 Å². The van der Waals surface area contributed by atoms with Crippen LogP contribution in [0.15, 0.2) is 54.6 Å².